The smallest absolute Gasteiger partial charge is 0.340 e. The van der Waals surface area contributed by atoms with Crippen LogP contribution in [0.4, 0.5) is 17.1 Å². The molecule has 21 heavy (non-hydrogen) atoms. The number of hydrogen-bond acceptors (Lipinski definition) is 5. The minimum atomic E-state index is -0.440. The molecule has 4 nitrogen and oxygen atoms in total. The number of nitrogen functional groups attached to an aromatic ring is 1. The van der Waals surface area contributed by atoms with Gasteiger partial charge in [0.15, 0.2) is 0 Å². The molecule has 0 aliphatic carbocycles. The third kappa shape index (κ3) is 2.55. The molecule has 0 saturated carbocycles. The van der Waals surface area contributed by atoms with Crippen LogP contribution < -0.4 is 11.1 Å². The first-order chi connectivity index (χ1) is 10.2. The number of hydrogen-bond donors (Lipinski definition) is 2. The fourth-order valence-corrected chi connectivity index (χ4v) is 2.93. The number of anilines is 3. The van der Waals surface area contributed by atoms with Crippen LogP contribution in [-0.2, 0) is 4.74 Å². The quantitative estimate of drug-likeness (QED) is 0.566. The number of para-hydroxylation sites is 1. The summed E-state index contributed by atoms with van der Waals surface area (Å²) in [6.45, 7) is 0. The molecule has 0 saturated heterocycles. The zero-order valence-electron chi connectivity index (χ0n) is 11.4. The number of carbonyl (C=O) groups excluding carboxylic acids is 1. The molecule has 0 radical (unpaired) electrons. The average Bonchev–Trinajstić information content (AvgIpc) is 2.96. The van der Waals surface area contributed by atoms with Crippen LogP contribution in [-0.4, -0.2) is 13.1 Å². The number of ether oxygens (including phenoxy) is 1. The summed E-state index contributed by atoms with van der Waals surface area (Å²) in [6.07, 6.45) is 0. The van der Waals surface area contributed by atoms with Crippen molar-refractivity contribution in [3.63, 3.8) is 0 Å². The molecule has 3 aromatic rings. The zero-order valence-corrected chi connectivity index (χ0v) is 12.2. The van der Waals surface area contributed by atoms with Gasteiger partial charge in [0.1, 0.15) is 0 Å². The van der Waals surface area contributed by atoms with Gasteiger partial charge in [0.25, 0.3) is 0 Å². The van der Waals surface area contributed by atoms with Gasteiger partial charge in [0, 0.05) is 10.4 Å². The fraction of sp³-hybridized carbons (Fsp3) is 0.0625. The molecule has 0 amide bonds. The van der Waals surface area contributed by atoms with Crippen molar-refractivity contribution in [2.24, 2.45) is 0 Å². The van der Waals surface area contributed by atoms with Gasteiger partial charge in [-0.15, -0.1) is 11.3 Å². The number of fused-ring (bicyclic) bond motifs is 1. The molecule has 5 heteroatoms. The number of carbonyl (C=O) groups is 1. The van der Waals surface area contributed by atoms with E-state index in [1.165, 1.54) is 17.2 Å². The van der Waals surface area contributed by atoms with E-state index in [2.05, 4.69) is 28.9 Å². The number of esters is 1. The minimum absolute atomic E-state index is 0.360. The summed E-state index contributed by atoms with van der Waals surface area (Å²) in [5.41, 5.74) is 8.40. The van der Waals surface area contributed by atoms with Crippen LogP contribution in [0, 0.1) is 0 Å². The summed E-state index contributed by atoms with van der Waals surface area (Å²) in [5, 5.41) is 6.48. The predicted molar refractivity (Wildman–Crippen MR) is 87.3 cm³/mol. The second-order valence-electron chi connectivity index (χ2n) is 4.56. The molecule has 1 aromatic heterocycles. The highest BCUT2D eigenvalue weighted by atomic mass is 32.1. The SMILES string of the molecule is COC(=O)c1cccc(Nc2ccc3sccc3c2)c1N. The average molecular weight is 298 g/mol. The first kappa shape index (κ1) is 13.5. The van der Waals surface area contributed by atoms with Crippen LogP contribution in [0.15, 0.2) is 47.8 Å². The van der Waals surface area contributed by atoms with Crippen LogP contribution in [0.5, 0.6) is 0 Å². The number of nitrogens with one attached hydrogen (secondary N) is 1. The van der Waals surface area contributed by atoms with Crippen molar-refractivity contribution < 1.29 is 9.53 Å². The molecule has 0 spiro atoms. The Hall–Kier alpha value is -2.53. The van der Waals surface area contributed by atoms with Gasteiger partial charge in [0.05, 0.1) is 24.0 Å². The van der Waals surface area contributed by atoms with Crippen molar-refractivity contribution in [2.45, 2.75) is 0 Å². The van der Waals surface area contributed by atoms with E-state index >= 15 is 0 Å². The van der Waals surface area contributed by atoms with E-state index in [0.717, 1.165) is 5.69 Å². The summed E-state index contributed by atoms with van der Waals surface area (Å²) in [7, 11) is 1.34. The third-order valence-electron chi connectivity index (χ3n) is 3.24. The van der Waals surface area contributed by atoms with Crippen molar-refractivity contribution >= 4 is 44.5 Å². The lowest BCUT2D eigenvalue weighted by Crippen LogP contribution is -2.07. The predicted octanol–water partition coefficient (Wildman–Crippen LogP) is 4.01. The van der Waals surface area contributed by atoms with E-state index < -0.39 is 5.97 Å². The molecule has 3 N–H and O–H groups in total. The van der Waals surface area contributed by atoms with Crippen LogP contribution in [0.25, 0.3) is 10.1 Å². The van der Waals surface area contributed by atoms with Crippen molar-refractivity contribution in [3.05, 3.63) is 53.4 Å². The summed E-state index contributed by atoms with van der Waals surface area (Å²) in [5.74, 6) is -0.440. The molecule has 2 aromatic carbocycles. The van der Waals surface area contributed by atoms with E-state index in [0.29, 0.717) is 16.9 Å². The molecule has 0 aliphatic rings. The zero-order chi connectivity index (χ0) is 14.8. The molecule has 1 heterocycles. The largest absolute Gasteiger partial charge is 0.465 e. The second kappa shape index (κ2) is 5.46. The Morgan fingerprint density at radius 3 is 2.90 bits per heavy atom. The van der Waals surface area contributed by atoms with E-state index in [1.54, 1.807) is 23.5 Å². The Labute approximate surface area is 126 Å². The molecule has 0 fully saturated rings. The summed E-state index contributed by atoms with van der Waals surface area (Å²) < 4.78 is 5.96. The Morgan fingerprint density at radius 1 is 1.24 bits per heavy atom. The first-order valence-corrected chi connectivity index (χ1v) is 7.28. The number of rotatable bonds is 3. The highest BCUT2D eigenvalue weighted by Gasteiger charge is 2.12. The van der Waals surface area contributed by atoms with E-state index in [4.69, 9.17) is 10.5 Å². The molecule has 106 valence electrons. The van der Waals surface area contributed by atoms with Gasteiger partial charge < -0.3 is 15.8 Å². The number of thiophene rings is 1. The lowest BCUT2D eigenvalue weighted by molar-refractivity contribution is 0.0602. The Bertz CT molecular complexity index is 811. The van der Waals surface area contributed by atoms with Gasteiger partial charge >= 0.3 is 5.97 Å². The van der Waals surface area contributed by atoms with Gasteiger partial charge in [-0.3, -0.25) is 0 Å². The van der Waals surface area contributed by atoms with Gasteiger partial charge in [-0.05, 0) is 47.2 Å². The molecular weight excluding hydrogens is 284 g/mol. The first-order valence-electron chi connectivity index (χ1n) is 6.40. The van der Waals surface area contributed by atoms with Gasteiger partial charge in [-0.2, -0.15) is 0 Å². The molecule has 0 bridgehead atoms. The maximum Gasteiger partial charge on any atom is 0.340 e. The Balaban J connectivity index is 1.95. The Kier molecular flexibility index (Phi) is 3.50. The van der Waals surface area contributed by atoms with Crippen molar-refractivity contribution in [3.8, 4) is 0 Å². The number of benzene rings is 2. The molecular formula is C16H14N2O2S. The lowest BCUT2D eigenvalue weighted by atomic mass is 10.1. The number of nitrogens with two attached hydrogens (primary N) is 1. The summed E-state index contributed by atoms with van der Waals surface area (Å²) >= 11 is 1.70. The van der Waals surface area contributed by atoms with Crippen molar-refractivity contribution in [1.82, 2.24) is 0 Å². The van der Waals surface area contributed by atoms with Crippen LogP contribution in [0.3, 0.4) is 0 Å². The standard InChI is InChI=1S/C16H14N2O2S/c1-20-16(19)12-3-2-4-13(15(12)17)18-11-5-6-14-10(9-11)7-8-21-14/h2-9,18H,17H2,1H3. The number of methoxy groups -OCH3 is 1. The highest BCUT2D eigenvalue weighted by molar-refractivity contribution is 7.17. The van der Waals surface area contributed by atoms with E-state index in [-0.39, 0.29) is 0 Å². The molecule has 3 rings (SSSR count). The summed E-state index contributed by atoms with van der Waals surface area (Å²) in [4.78, 5) is 11.7. The van der Waals surface area contributed by atoms with Crippen LogP contribution >= 0.6 is 11.3 Å². The van der Waals surface area contributed by atoms with Crippen LogP contribution in [0.2, 0.25) is 0 Å². The minimum Gasteiger partial charge on any atom is -0.465 e. The molecule has 0 aliphatic heterocycles. The monoisotopic (exact) mass is 298 g/mol. The normalized spacial score (nSPS) is 10.5. The highest BCUT2D eigenvalue weighted by Crippen LogP contribution is 2.29. The lowest BCUT2D eigenvalue weighted by Gasteiger charge is -2.12. The third-order valence-corrected chi connectivity index (χ3v) is 4.14. The van der Waals surface area contributed by atoms with E-state index in [9.17, 15) is 4.79 Å². The van der Waals surface area contributed by atoms with Gasteiger partial charge in [-0.25, -0.2) is 4.79 Å². The van der Waals surface area contributed by atoms with Crippen molar-refractivity contribution in [1.29, 1.82) is 0 Å². The van der Waals surface area contributed by atoms with Crippen molar-refractivity contribution in [2.75, 3.05) is 18.2 Å². The molecule has 0 atom stereocenters. The van der Waals surface area contributed by atoms with Crippen LogP contribution in [0.1, 0.15) is 10.4 Å². The second-order valence-corrected chi connectivity index (χ2v) is 5.50. The fourth-order valence-electron chi connectivity index (χ4n) is 2.16. The van der Waals surface area contributed by atoms with E-state index in [1.807, 2.05) is 12.1 Å². The Morgan fingerprint density at radius 2 is 2.10 bits per heavy atom. The maximum atomic E-state index is 11.7. The topological polar surface area (TPSA) is 64.3 Å². The summed E-state index contributed by atoms with van der Waals surface area (Å²) in [6, 6.07) is 13.4. The van der Waals surface area contributed by atoms with Gasteiger partial charge in [-0.1, -0.05) is 6.07 Å². The molecule has 0 unspecified atom stereocenters. The van der Waals surface area contributed by atoms with Gasteiger partial charge in [0.2, 0.25) is 0 Å². The maximum absolute atomic E-state index is 11.7.